The summed E-state index contributed by atoms with van der Waals surface area (Å²) in [7, 11) is 1.66. The molecule has 0 atom stereocenters. The Labute approximate surface area is 147 Å². The molecule has 0 bridgehead atoms. The summed E-state index contributed by atoms with van der Waals surface area (Å²) in [6.07, 6.45) is 4.03. The molecule has 126 valence electrons. The zero-order chi connectivity index (χ0) is 17.1. The number of anilines is 4. The quantitative estimate of drug-likeness (QED) is 0.771. The van der Waals surface area contributed by atoms with Crippen LogP contribution in [0.25, 0.3) is 0 Å². The molecule has 2 aromatic carbocycles. The number of aryl methyl sites for hydroxylation is 1. The Hall–Kier alpha value is -3.08. The largest absolute Gasteiger partial charge is 0.495 e. The van der Waals surface area contributed by atoms with E-state index in [1.54, 1.807) is 13.3 Å². The van der Waals surface area contributed by atoms with Crippen LogP contribution in [0.2, 0.25) is 0 Å². The van der Waals surface area contributed by atoms with Gasteiger partial charge < -0.3 is 15.0 Å². The summed E-state index contributed by atoms with van der Waals surface area (Å²) in [5, 5.41) is 3.25. The fraction of sp³-hybridized carbons (Fsp3) is 0.200. The monoisotopic (exact) mass is 332 g/mol. The van der Waals surface area contributed by atoms with Gasteiger partial charge in [0.1, 0.15) is 11.6 Å². The Kier molecular flexibility index (Phi) is 4.21. The number of methoxy groups -OCH3 is 1. The van der Waals surface area contributed by atoms with Gasteiger partial charge in [0.15, 0.2) is 0 Å². The molecule has 2 heterocycles. The van der Waals surface area contributed by atoms with Gasteiger partial charge in [-0.2, -0.15) is 4.98 Å². The molecule has 0 saturated carbocycles. The van der Waals surface area contributed by atoms with E-state index in [0.717, 1.165) is 36.6 Å². The van der Waals surface area contributed by atoms with Crippen LogP contribution in [0.5, 0.6) is 5.75 Å². The topological polar surface area (TPSA) is 50.3 Å². The number of ether oxygens (including phenoxy) is 1. The van der Waals surface area contributed by atoms with Crippen molar-refractivity contribution in [3.05, 3.63) is 66.4 Å². The van der Waals surface area contributed by atoms with Crippen molar-refractivity contribution in [3.8, 4) is 5.75 Å². The van der Waals surface area contributed by atoms with Crippen LogP contribution in [-0.4, -0.2) is 23.6 Å². The molecule has 0 saturated heterocycles. The van der Waals surface area contributed by atoms with Crippen LogP contribution in [0.1, 0.15) is 12.0 Å². The fourth-order valence-corrected chi connectivity index (χ4v) is 3.20. The minimum Gasteiger partial charge on any atom is -0.495 e. The van der Waals surface area contributed by atoms with Crippen LogP contribution < -0.4 is 15.0 Å². The minimum absolute atomic E-state index is 0.560. The van der Waals surface area contributed by atoms with E-state index in [0.29, 0.717) is 5.95 Å². The van der Waals surface area contributed by atoms with E-state index >= 15 is 0 Å². The Morgan fingerprint density at radius 1 is 1.04 bits per heavy atom. The molecular weight excluding hydrogens is 312 g/mol. The normalized spacial score (nSPS) is 13.2. The molecule has 0 fully saturated rings. The highest BCUT2D eigenvalue weighted by molar-refractivity contribution is 5.67. The number of rotatable bonds is 4. The third-order valence-electron chi connectivity index (χ3n) is 4.38. The van der Waals surface area contributed by atoms with Crippen molar-refractivity contribution in [3.63, 3.8) is 0 Å². The number of hydrogen-bond donors (Lipinski definition) is 1. The van der Waals surface area contributed by atoms with Gasteiger partial charge in [-0.15, -0.1) is 0 Å². The van der Waals surface area contributed by atoms with Gasteiger partial charge in [-0.25, -0.2) is 4.98 Å². The summed E-state index contributed by atoms with van der Waals surface area (Å²) in [6.45, 7) is 0.960. The predicted octanol–water partition coefficient (Wildman–Crippen LogP) is 4.31. The van der Waals surface area contributed by atoms with Gasteiger partial charge in [0, 0.05) is 18.4 Å². The van der Waals surface area contributed by atoms with Crippen molar-refractivity contribution in [1.29, 1.82) is 0 Å². The Balaban J connectivity index is 1.65. The van der Waals surface area contributed by atoms with Gasteiger partial charge >= 0.3 is 0 Å². The molecule has 4 rings (SSSR count). The van der Waals surface area contributed by atoms with E-state index in [-0.39, 0.29) is 0 Å². The third-order valence-corrected chi connectivity index (χ3v) is 4.38. The van der Waals surface area contributed by atoms with E-state index < -0.39 is 0 Å². The summed E-state index contributed by atoms with van der Waals surface area (Å²) < 4.78 is 5.38. The molecule has 1 aliphatic heterocycles. The zero-order valence-corrected chi connectivity index (χ0v) is 14.1. The highest BCUT2D eigenvalue weighted by Crippen LogP contribution is 2.33. The lowest BCUT2D eigenvalue weighted by Crippen LogP contribution is -2.25. The molecule has 1 aliphatic rings. The fourth-order valence-electron chi connectivity index (χ4n) is 3.20. The van der Waals surface area contributed by atoms with Gasteiger partial charge in [-0.05, 0) is 42.7 Å². The molecule has 0 aliphatic carbocycles. The maximum absolute atomic E-state index is 5.38. The van der Waals surface area contributed by atoms with Crippen molar-refractivity contribution in [2.45, 2.75) is 12.8 Å². The smallest absolute Gasteiger partial charge is 0.229 e. The van der Waals surface area contributed by atoms with Crippen molar-refractivity contribution < 1.29 is 4.74 Å². The van der Waals surface area contributed by atoms with Crippen LogP contribution in [0.3, 0.4) is 0 Å². The van der Waals surface area contributed by atoms with Crippen molar-refractivity contribution >= 4 is 23.1 Å². The van der Waals surface area contributed by atoms with Gasteiger partial charge in [-0.1, -0.05) is 30.3 Å². The Morgan fingerprint density at radius 2 is 1.88 bits per heavy atom. The van der Waals surface area contributed by atoms with E-state index in [2.05, 4.69) is 39.5 Å². The van der Waals surface area contributed by atoms with Crippen molar-refractivity contribution in [1.82, 2.24) is 9.97 Å². The summed E-state index contributed by atoms with van der Waals surface area (Å²) >= 11 is 0. The molecule has 25 heavy (non-hydrogen) atoms. The van der Waals surface area contributed by atoms with Gasteiger partial charge in [0.05, 0.1) is 12.8 Å². The van der Waals surface area contributed by atoms with E-state index in [1.807, 2.05) is 30.3 Å². The first-order valence-electron chi connectivity index (χ1n) is 8.44. The molecule has 5 heteroatoms. The van der Waals surface area contributed by atoms with Crippen LogP contribution in [-0.2, 0) is 6.42 Å². The Morgan fingerprint density at radius 3 is 2.80 bits per heavy atom. The molecule has 1 N–H and O–H groups in total. The summed E-state index contributed by atoms with van der Waals surface area (Å²) in [5.74, 6) is 2.23. The number of aromatic nitrogens is 2. The minimum atomic E-state index is 0.560. The molecular formula is C20H20N4O. The van der Waals surface area contributed by atoms with E-state index in [1.165, 1.54) is 11.3 Å². The van der Waals surface area contributed by atoms with Gasteiger partial charge in [-0.3, -0.25) is 0 Å². The molecule has 0 amide bonds. The third kappa shape index (κ3) is 3.13. The number of fused-ring (bicyclic) bond motifs is 1. The molecule has 0 unspecified atom stereocenters. The van der Waals surface area contributed by atoms with E-state index in [4.69, 9.17) is 9.72 Å². The second-order valence-electron chi connectivity index (χ2n) is 5.95. The van der Waals surface area contributed by atoms with E-state index in [9.17, 15) is 0 Å². The second-order valence-corrected chi connectivity index (χ2v) is 5.95. The van der Waals surface area contributed by atoms with Crippen LogP contribution in [0, 0.1) is 0 Å². The molecule has 0 radical (unpaired) electrons. The number of hydrogen-bond acceptors (Lipinski definition) is 5. The lowest BCUT2D eigenvalue weighted by molar-refractivity contribution is 0.417. The lowest BCUT2D eigenvalue weighted by atomic mass is 10.0. The zero-order valence-electron chi connectivity index (χ0n) is 14.1. The summed E-state index contributed by atoms with van der Waals surface area (Å²) in [6, 6.07) is 18.2. The summed E-state index contributed by atoms with van der Waals surface area (Å²) in [4.78, 5) is 11.3. The SMILES string of the molecule is COc1ccccc1Nc1nccc(N2CCCc3ccccc32)n1. The number of para-hydroxylation sites is 3. The second kappa shape index (κ2) is 6.81. The lowest BCUT2D eigenvalue weighted by Gasteiger charge is -2.30. The molecule has 5 nitrogen and oxygen atoms in total. The summed E-state index contributed by atoms with van der Waals surface area (Å²) in [5.41, 5.74) is 3.45. The first-order valence-corrected chi connectivity index (χ1v) is 8.44. The highest BCUT2D eigenvalue weighted by atomic mass is 16.5. The first kappa shape index (κ1) is 15.4. The van der Waals surface area contributed by atoms with Gasteiger partial charge in [0.2, 0.25) is 5.95 Å². The first-order chi connectivity index (χ1) is 12.3. The van der Waals surface area contributed by atoms with Crippen molar-refractivity contribution in [2.75, 3.05) is 23.9 Å². The number of benzene rings is 2. The van der Waals surface area contributed by atoms with Gasteiger partial charge in [0.25, 0.3) is 0 Å². The highest BCUT2D eigenvalue weighted by Gasteiger charge is 2.19. The standard InChI is InChI=1S/C20H20N4O/c1-25-18-11-5-3-9-16(18)22-20-21-13-12-19(23-20)24-14-6-8-15-7-2-4-10-17(15)24/h2-5,7,9-13H,6,8,14H2,1H3,(H,21,22,23). The maximum atomic E-state index is 5.38. The van der Waals surface area contributed by atoms with Crippen LogP contribution in [0.15, 0.2) is 60.8 Å². The van der Waals surface area contributed by atoms with Crippen LogP contribution in [0.4, 0.5) is 23.1 Å². The Bertz CT molecular complexity index is 881. The average molecular weight is 332 g/mol. The maximum Gasteiger partial charge on any atom is 0.229 e. The van der Waals surface area contributed by atoms with Crippen LogP contribution >= 0.6 is 0 Å². The predicted molar refractivity (Wildman–Crippen MR) is 100 cm³/mol. The molecule has 0 spiro atoms. The number of nitrogens with zero attached hydrogens (tertiary/aromatic N) is 3. The average Bonchev–Trinajstić information content (AvgIpc) is 2.68. The van der Waals surface area contributed by atoms with Crippen molar-refractivity contribution in [2.24, 2.45) is 0 Å². The molecule has 3 aromatic rings. The number of nitrogens with one attached hydrogen (secondary N) is 1. The molecule has 1 aromatic heterocycles.